The number of nitrogens with one attached hydrogen (secondary N) is 1. The van der Waals surface area contributed by atoms with Gasteiger partial charge >= 0.3 is 11.9 Å². The summed E-state index contributed by atoms with van der Waals surface area (Å²) in [5.74, 6) is -6.64. The minimum Gasteiger partial charge on any atom is -0.480 e. The topological polar surface area (TPSA) is 130 Å². The third kappa shape index (κ3) is 3.71. The first kappa shape index (κ1) is 23.8. The van der Waals surface area contributed by atoms with E-state index < -0.39 is 51.2 Å². The van der Waals surface area contributed by atoms with Gasteiger partial charge in [0.1, 0.15) is 15.4 Å². The van der Waals surface area contributed by atoms with Gasteiger partial charge in [0.2, 0.25) is 5.76 Å². The molecule has 0 aliphatic heterocycles. The summed E-state index contributed by atoms with van der Waals surface area (Å²) < 4.78 is 60.9. The summed E-state index contributed by atoms with van der Waals surface area (Å²) in [5, 5.41) is 24.1. The molecule has 0 bridgehead atoms. The van der Waals surface area contributed by atoms with Crippen LogP contribution in [0.25, 0.3) is 10.6 Å². The van der Waals surface area contributed by atoms with E-state index in [0.29, 0.717) is 30.0 Å². The maximum absolute atomic E-state index is 13.8. The van der Waals surface area contributed by atoms with E-state index in [0.717, 1.165) is 17.4 Å². The number of benzene rings is 1. The molecule has 184 valence electrons. The van der Waals surface area contributed by atoms with Gasteiger partial charge in [-0.25, -0.2) is 8.42 Å². The number of halogens is 2. The molecule has 1 aromatic carbocycles. The van der Waals surface area contributed by atoms with Crippen molar-refractivity contribution in [2.75, 3.05) is 0 Å². The van der Waals surface area contributed by atoms with E-state index in [2.05, 4.69) is 21.0 Å². The second-order valence-electron chi connectivity index (χ2n) is 8.61. The van der Waals surface area contributed by atoms with E-state index in [9.17, 15) is 32.2 Å². The molecule has 3 N–H and O–H groups in total. The number of carboxylic acids is 1. The molecule has 4 atom stereocenters. The van der Waals surface area contributed by atoms with Crippen molar-refractivity contribution < 1.29 is 36.7 Å². The Kier molecular flexibility index (Phi) is 5.47. The number of nitrogens with zero attached hydrogens (tertiary/aromatic N) is 1. The highest BCUT2D eigenvalue weighted by molar-refractivity contribution is 7.91. The molecule has 2 aromatic heterocycles. The molecule has 1 saturated carbocycles. The zero-order chi connectivity index (χ0) is 25.2. The molecule has 0 saturated heterocycles. The molecule has 2 aliphatic rings. The second kappa shape index (κ2) is 8.05. The van der Waals surface area contributed by atoms with Crippen molar-refractivity contribution in [1.82, 2.24) is 9.88 Å². The number of aromatic nitrogens is 1. The largest absolute Gasteiger partial charge is 0.480 e. The Bertz CT molecular complexity index is 1430. The molecule has 0 amide bonds. The molecule has 2 heterocycles. The number of rotatable bonds is 7. The van der Waals surface area contributed by atoms with Crippen molar-refractivity contribution in [3.63, 3.8) is 0 Å². The highest BCUT2D eigenvalue weighted by Crippen LogP contribution is 2.63. The van der Waals surface area contributed by atoms with Gasteiger partial charge in [-0.15, -0.1) is 11.3 Å². The summed E-state index contributed by atoms with van der Waals surface area (Å²) in [4.78, 5) is 12.7. The number of aliphatic carboxylic acids is 1. The molecule has 0 radical (unpaired) electrons. The van der Waals surface area contributed by atoms with Gasteiger partial charge in [0.15, 0.2) is 0 Å². The van der Waals surface area contributed by atoms with Crippen LogP contribution in [0.15, 0.2) is 63.9 Å². The zero-order valence-electron chi connectivity index (χ0n) is 18.0. The quantitative estimate of drug-likeness (QED) is 0.400. The van der Waals surface area contributed by atoms with Crippen LogP contribution in [0.1, 0.15) is 41.8 Å². The Balaban J connectivity index is 1.46. The van der Waals surface area contributed by atoms with Crippen molar-refractivity contribution in [3.05, 3.63) is 72.0 Å². The normalized spacial score (nSPS) is 25.9. The average molecular weight is 523 g/mol. The van der Waals surface area contributed by atoms with E-state index in [-0.39, 0.29) is 14.8 Å². The summed E-state index contributed by atoms with van der Waals surface area (Å²) >= 11 is 0.751. The number of carbonyl (C=O) groups is 1. The van der Waals surface area contributed by atoms with Crippen molar-refractivity contribution >= 4 is 27.3 Å². The number of hydrogen-bond donors (Lipinski definition) is 3. The van der Waals surface area contributed by atoms with E-state index in [1.807, 2.05) is 0 Å². The predicted octanol–water partition coefficient (Wildman–Crippen LogP) is 4.02. The number of fused-ring (bicyclic) bond motifs is 3. The van der Waals surface area contributed by atoms with Crippen molar-refractivity contribution in [2.24, 2.45) is 5.92 Å². The second-order valence-corrected chi connectivity index (χ2v) is 11.6. The minimum absolute atomic E-state index is 0.0143. The predicted molar refractivity (Wildman–Crippen MR) is 121 cm³/mol. The maximum atomic E-state index is 13.8. The highest BCUT2D eigenvalue weighted by Gasteiger charge is 2.72. The lowest BCUT2D eigenvalue weighted by atomic mass is 9.95. The highest BCUT2D eigenvalue weighted by atomic mass is 32.2. The van der Waals surface area contributed by atoms with Crippen LogP contribution in [0.2, 0.25) is 0 Å². The van der Waals surface area contributed by atoms with Crippen molar-refractivity contribution in [2.45, 2.75) is 40.5 Å². The summed E-state index contributed by atoms with van der Waals surface area (Å²) in [6.45, 7) is 3.05. The molecule has 5 rings (SSSR count). The van der Waals surface area contributed by atoms with E-state index in [1.165, 1.54) is 12.1 Å². The average Bonchev–Trinajstić information content (AvgIpc) is 3.19. The minimum atomic E-state index is -4.30. The molecule has 35 heavy (non-hydrogen) atoms. The van der Waals surface area contributed by atoms with Gasteiger partial charge in [0.25, 0.3) is 10.0 Å². The van der Waals surface area contributed by atoms with Gasteiger partial charge in [-0.05, 0) is 48.1 Å². The Morgan fingerprint density at radius 3 is 2.66 bits per heavy atom. The molecule has 2 aliphatic carbocycles. The SMILES string of the molecule is C=CC(F)(F)c1cc(-c2ccc(S(=O)(=O)NC3(C(=O)O)C4CCC(O)c5ccccc5C43)s2)no1. The lowest BCUT2D eigenvalue weighted by Crippen LogP contribution is -2.46. The van der Waals surface area contributed by atoms with Crippen LogP contribution in [0.5, 0.6) is 0 Å². The summed E-state index contributed by atoms with van der Waals surface area (Å²) in [7, 11) is -4.30. The van der Waals surface area contributed by atoms with Gasteiger partial charge in [-0.1, -0.05) is 36.0 Å². The number of allylic oxidation sites excluding steroid dienone is 1. The number of carboxylic acid groups (broad SMARTS) is 1. The van der Waals surface area contributed by atoms with Crippen LogP contribution >= 0.6 is 11.3 Å². The lowest BCUT2D eigenvalue weighted by molar-refractivity contribution is -0.140. The molecule has 12 heteroatoms. The third-order valence-corrected chi connectivity index (χ3v) is 9.74. The molecular weight excluding hydrogens is 502 g/mol. The van der Waals surface area contributed by atoms with Crippen LogP contribution in [-0.4, -0.2) is 35.3 Å². The van der Waals surface area contributed by atoms with Gasteiger partial charge in [0, 0.05) is 12.0 Å². The number of alkyl halides is 2. The number of thiophene rings is 1. The Morgan fingerprint density at radius 1 is 1.26 bits per heavy atom. The Labute approximate surface area is 202 Å². The Morgan fingerprint density at radius 2 is 1.97 bits per heavy atom. The number of aliphatic hydroxyl groups excluding tert-OH is 1. The number of aliphatic hydroxyl groups is 1. The zero-order valence-corrected chi connectivity index (χ0v) is 19.7. The van der Waals surface area contributed by atoms with E-state index in [4.69, 9.17) is 0 Å². The first-order valence-electron chi connectivity index (χ1n) is 10.6. The fourth-order valence-electron chi connectivity index (χ4n) is 4.90. The van der Waals surface area contributed by atoms with Crippen LogP contribution in [0, 0.1) is 5.92 Å². The number of sulfonamides is 1. The fourth-order valence-corrected chi connectivity index (χ4v) is 7.59. The fraction of sp³-hybridized carbons (Fsp3) is 0.304. The van der Waals surface area contributed by atoms with Crippen molar-refractivity contribution in [3.8, 4) is 10.6 Å². The lowest BCUT2D eigenvalue weighted by Gasteiger charge is -2.20. The van der Waals surface area contributed by atoms with E-state index in [1.54, 1.807) is 24.3 Å². The standard InChI is InChI=1S/C23H20F2N2O6S2/c1-2-22(24,25)18-11-15(26-33-18)17-9-10-19(34-17)35(31,32)27-23(21(29)30)14-7-8-16(28)12-5-3-4-6-13(12)20(14)23/h2-6,9-11,14,16,20,27-28H,1,7-8H2,(H,29,30). The van der Waals surface area contributed by atoms with E-state index >= 15 is 0 Å². The first-order chi connectivity index (χ1) is 16.5. The van der Waals surface area contributed by atoms with Crippen LogP contribution in [0.3, 0.4) is 0 Å². The van der Waals surface area contributed by atoms with Gasteiger partial charge in [-0.3, -0.25) is 4.79 Å². The first-order valence-corrected chi connectivity index (χ1v) is 12.9. The molecule has 3 aromatic rings. The monoisotopic (exact) mass is 522 g/mol. The van der Waals surface area contributed by atoms with Gasteiger partial charge < -0.3 is 14.7 Å². The van der Waals surface area contributed by atoms with Crippen LogP contribution < -0.4 is 4.72 Å². The molecular formula is C23H20F2N2O6S2. The van der Waals surface area contributed by atoms with Gasteiger partial charge in [0.05, 0.1) is 11.0 Å². The van der Waals surface area contributed by atoms with Crippen LogP contribution in [0.4, 0.5) is 8.78 Å². The molecule has 0 spiro atoms. The summed E-state index contributed by atoms with van der Waals surface area (Å²) in [6, 6.07) is 10.5. The maximum Gasteiger partial charge on any atom is 0.325 e. The molecule has 8 nitrogen and oxygen atoms in total. The summed E-state index contributed by atoms with van der Waals surface area (Å²) in [5.41, 5.74) is -0.538. The molecule has 4 unspecified atom stereocenters. The third-order valence-electron chi connectivity index (χ3n) is 6.66. The van der Waals surface area contributed by atoms with Crippen molar-refractivity contribution in [1.29, 1.82) is 0 Å². The van der Waals surface area contributed by atoms with Crippen LogP contribution in [-0.2, 0) is 20.7 Å². The molecule has 1 fully saturated rings. The van der Waals surface area contributed by atoms with Gasteiger partial charge in [-0.2, -0.15) is 13.5 Å². The summed E-state index contributed by atoms with van der Waals surface area (Å²) in [6.07, 6.45) is 0.292. The Hall–Kier alpha value is -2.93. The number of hydrogen-bond acceptors (Lipinski definition) is 7. The smallest absolute Gasteiger partial charge is 0.325 e.